The van der Waals surface area contributed by atoms with Crippen LogP contribution in [0.3, 0.4) is 0 Å². The Morgan fingerprint density at radius 3 is 2.76 bits per heavy atom. The fourth-order valence-corrected chi connectivity index (χ4v) is 3.40. The molecule has 4 nitrogen and oxygen atoms in total. The molecule has 5 heteroatoms. The fraction of sp³-hybridized carbons (Fsp3) is 0.688. The summed E-state index contributed by atoms with van der Waals surface area (Å²) in [5.41, 5.74) is 0.640. The second-order valence-electron chi connectivity index (χ2n) is 5.75. The van der Waals surface area contributed by atoms with Crippen LogP contribution >= 0.6 is 11.6 Å². The van der Waals surface area contributed by atoms with Crippen LogP contribution < -0.4 is 0 Å². The second-order valence-corrected chi connectivity index (χ2v) is 6.19. The number of aromatic nitrogens is 1. The van der Waals surface area contributed by atoms with Crippen LogP contribution in [0.2, 0.25) is 5.02 Å². The van der Waals surface area contributed by atoms with Gasteiger partial charge in [-0.05, 0) is 25.3 Å². The van der Waals surface area contributed by atoms with E-state index in [0.29, 0.717) is 17.3 Å². The van der Waals surface area contributed by atoms with Gasteiger partial charge in [0.25, 0.3) is 5.91 Å². The summed E-state index contributed by atoms with van der Waals surface area (Å²) in [5, 5.41) is 9.91. The Morgan fingerprint density at radius 2 is 2.14 bits per heavy atom. The molecule has 0 unspecified atom stereocenters. The van der Waals surface area contributed by atoms with Crippen LogP contribution in [-0.2, 0) is 6.54 Å². The molecule has 21 heavy (non-hydrogen) atoms. The average molecular weight is 313 g/mol. The van der Waals surface area contributed by atoms with E-state index in [4.69, 9.17) is 11.6 Å². The SMILES string of the molecule is CCCn1cc(Cl)cc1C(=O)N(CCO)C1CCCCC1. The lowest BCUT2D eigenvalue weighted by Gasteiger charge is -2.34. The third kappa shape index (κ3) is 4.01. The molecule has 2 rings (SSSR count). The lowest BCUT2D eigenvalue weighted by atomic mass is 9.94. The minimum absolute atomic E-state index is 0.00343. The molecule has 1 fully saturated rings. The molecule has 1 heterocycles. The minimum atomic E-state index is -0.00343. The van der Waals surface area contributed by atoms with Crippen LogP contribution in [0.4, 0.5) is 0 Å². The number of aliphatic hydroxyl groups is 1. The highest BCUT2D eigenvalue weighted by molar-refractivity contribution is 6.31. The number of hydrogen-bond acceptors (Lipinski definition) is 2. The van der Waals surface area contributed by atoms with E-state index in [2.05, 4.69) is 6.92 Å². The van der Waals surface area contributed by atoms with Gasteiger partial charge in [0.1, 0.15) is 5.69 Å². The molecule has 0 radical (unpaired) electrons. The van der Waals surface area contributed by atoms with Crippen molar-refractivity contribution in [2.24, 2.45) is 0 Å². The van der Waals surface area contributed by atoms with Gasteiger partial charge >= 0.3 is 0 Å². The zero-order valence-electron chi connectivity index (χ0n) is 12.7. The van der Waals surface area contributed by atoms with Gasteiger partial charge < -0.3 is 14.6 Å². The summed E-state index contributed by atoms with van der Waals surface area (Å²) in [7, 11) is 0. The van der Waals surface area contributed by atoms with Crippen LogP contribution in [0.5, 0.6) is 0 Å². The standard InChI is InChI=1S/C16H25ClN2O2/c1-2-8-18-12-13(17)11-15(18)16(21)19(9-10-20)14-6-4-3-5-7-14/h11-12,14,20H,2-10H2,1H3. The molecule has 0 aromatic carbocycles. The van der Waals surface area contributed by atoms with Crippen molar-refractivity contribution in [1.82, 2.24) is 9.47 Å². The zero-order chi connectivity index (χ0) is 15.2. The second kappa shape index (κ2) is 7.85. The van der Waals surface area contributed by atoms with E-state index in [-0.39, 0.29) is 18.6 Å². The first kappa shape index (κ1) is 16.4. The quantitative estimate of drug-likeness (QED) is 0.876. The van der Waals surface area contributed by atoms with Gasteiger partial charge in [-0.1, -0.05) is 37.8 Å². The van der Waals surface area contributed by atoms with Crippen molar-refractivity contribution in [3.8, 4) is 0 Å². The van der Waals surface area contributed by atoms with Crippen molar-refractivity contribution < 1.29 is 9.90 Å². The van der Waals surface area contributed by atoms with Crippen LogP contribution in [0.25, 0.3) is 0 Å². The summed E-state index contributed by atoms with van der Waals surface area (Å²) in [4.78, 5) is 14.7. The summed E-state index contributed by atoms with van der Waals surface area (Å²) >= 11 is 6.07. The molecule has 1 N–H and O–H groups in total. The molecule has 0 atom stereocenters. The van der Waals surface area contributed by atoms with Gasteiger partial charge in [-0.15, -0.1) is 0 Å². The number of carbonyl (C=O) groups excluding carboxylic acids is 1. The molecule has 1 aromatic rings. The van der Waals surface area contributed by atoms with Crippen LogP contribution in [-0.4, -0.2) is 39.7 Å². The van der Waals surface area contributed by atoms with E-state index in [1.807, 2.05) is 15.7 Å². The van der Waals surface area contributed by atoms with Crippen LogP contribution in [0.15, 0.2) is 12.3 Å². The Balaban J connectivity index is 2.20. The lowest BCUT2D eigenvalue weighted by Crippen LogP contribution is -2.43. The fourth-order valence-electron chi connectivity index (χ4n) is 3.18. The highest BCUT2D eigenvalue weighted by atomic mass is 35.5. The van der Waals surface area contributed by atoms with E-state index in [0.717, 1.165) is 38.6 Å². The maximum atomic E-state index is 12.9. The van der Waals surface area contributed by atoms with Gasteiger partial charge in [-0.25, -0.2) is 0 Å². The predicted molar refractivity (Wildman–Crippen MR) is 84.7 cm³/mol. The van der Waals surface area contributed by atoms with Crippen LogP contribution in [0.1, 0.15) is 55.9 Å². The summed E-state index contributed by atoms with van der Waals surface area (Å²) in [6.07, 6.45) is 8.41. The molecule has 1 saturated carbocycles. The summed E-state index contributed by atoms with van der Waals surface area (Å²) in [6.45, 7) is 3.27. The largest absolute Gasteiger partial charge is 0.395 e. The first-order valence-electron chi connectivity index (χ1n) is 7.95. The van der Waals surface area contributed by atoms with Gasteiger partial charge in [0.05, 0.1) is 11.6 Å². The summed E-state index contributed by atoms with van der Waals surface area (Å²) < 4.78 is 1.93. The van der Waals surface area contributed by atoms with Gasteiger partial charge in [0, 0.05) is 25.3 Å². The molecule has 1 aliphatic rings. The third-order valence-electron chi connectivity index (χ3n) is 4.16. The number of nitrogens with zero attached hydrogens (tertiary/aromatic N) is 2. The first-order valence-corrected chi connectivity index (χ1v) is 8.32. The number of amides is 1. The lowest BCUT2D eigenvalue weighted by molar-refractivity contribution is 0.0574. The van der Waals surface area contributed by atoms with E-state index in [1.165, 1.54) is 6.42 Å². The molecule has 118 valence electrons. The monoisotopic (exact) mass is 312 g/mol. The highest BCUT2D eigenvalue weighted by Crippen LogP contribution is 2.25. The van der Waals surface area contributed by atoms with Crippen LogP contribution in [0, 0.1) is 0 Å². The molecular formula is C16H25ClN2O2. The number of halogens is 1. The number of hydrogen-bond donors (Lipinski definition) is 1. The van der Waals surface area contributed by atoms with Crippen molar-refractivity contribution in [1.29, 1.82) is 0 Å². The maximum Gasteiger partial charge on any atom is 0.270 e. The van der Waals surface area contributed by atoms with E-state index in [1.54, 1.807) is 6.07 Å². The molecule has 0 spiro atoms. The van der Waals surface area contributed by atoms with Crippen molar-refractivity contribution in [2.75, 3.05) is 13.2 Å². The Kier molecular flexibility index (Phi) is 6.12. The minimum Gasteiger partial charge on any atom is -0.395 e. The molecule has 0 aliphatic heterocycles. The van der Waals surface area contributed by atoms with Crippen molar-refractivity contribution in [2.45, 2.75) is 58.0 Å². The van der Waals surface area contributed by atoms with Gasteiger partial charge in [-0.2, -0.15) is 0 Å². The van der Waals surface area contributed by atoms with Crippen molar-refractivity contribution in [3.05, 3.63) is 23.0 Å². The van der Waals surface area contributed by atoms with Gasteiger partial charge in [0.15, 0.2) is 0 Å². The molecule has 0 saturated heterocycles. The number of carbonyl (C=O) groups is 1. The number of aryl methyl sites for hydroxylation is 1. The zero-order valence-corrected chi connectivity index (χ0v) is 13.5. The van der Waals surface area contributed by atoms with E-state index in [9.17, 15) is 9.90 Å². The van der Waals surface area contributed by atoms with E-state index >= 15 is 0 Å². The Labute approximate surface area is 131 Å². The molecular weight excluding hydrogens is 288 g/mol. The number of aliphatic hydroxyl groups excluding tert-OH is 1. The van der Waals surface area contributed by atoms with Crippen molar-refractivity contribution >= 4 is 17.5 Å². The molecule has 1 aromatic heterocycles. The summed E-state index contributed by atoms with van der Waals surface area (Å²) in [6, 6.07) is 1.99. The molecule has 0 bridgehead atoms. The Hall–Kier alpha value is -1.00. The van der Waals surface area contributed by atoms with Gasteiger partial charge in [-0.3, -0.25) is 4.79 Å². The average Bonchev–Trinajstić information content (AvgIpc) is 2.86. The van der Waals surface area contributed by atoms with Crippen molar-refractivity contribution in [3.63, 3.8) is 0 Å². The smallest absolute Gasteiger partial charge is 0.270 e. The topological polar surface area (TPSA) is 45.5 Å². The van der Waals surface area contributed by atoms with Gasteiger partial charge in [0.2, 0.25) is 0 Å². The maximum absolute atomic E-state index is 12.9. The predicted octanol–water partition coefficient (Wildman–Crippen LogP) is 3.32. The Morgan fingerprint density at radius 1 is 1.43 bits per heavy atom. The normalized spacial score (nSPS) is 16.1. The Bertz CT molecular complexity index is 467. The third-order valence-corrected chi connectivity index (χ3v) is 4.37. The number of rotatable bonds is 6. The summed E-state index contributed by atoms with van der Waals surface area (Å²) in [5.74, 6) is -0.00343. The highest BCUT2D eigenvalue weighted by Gasteiger charge is 2.27. The first-order chi connectivity index (χ1) is 10.2. The van der Waals surface area contributed by atoms with E-state index < -0.39 is 0 Å². The molecule has 1 aliphatic carbocycles. The molecule has 1 amide bonds.